The number of ketones is 1. The van der Waals surface area contributed by atoms with Gasteiger partial charge in [0, 0.05) is 15.9 Å². The molecule has 15 heavy (non-hydrogen) atoms. The molecule has 1 unspecified atom stereocenters. The summed E-state index contributed by atoms with van der Waals surface area (Å²) in [5.74, 6) is 0.993. The normalized spacial score (nSPS) is 12.2. The summed E-state index contributed by atoms with van der Waals surface area (Å²) in [4.78, 5) is 11.8. The van der Waals surface area contributed by atoms with Crippen molar-refractivity contribution < 1.29 is 9.53 Å². The molecule has 1 rings (SSSR count). The van der Waals surface area contributed by atoms with E-state index in [1.807, 2.05) is 24.3 Å². The summed E-state index contributed by atoms with van der Waals surface area (Å²) < 4.78 is 5.47. The highest BCUT2D eigenvalue weighted by Crippen LogP contribution is 2.17. The van der Waals surface area contributed by atoms with E-state index in [4.69, 9.17) is 4.74 Å². The van der Waals surface area contributed by atoms with Gasteiger partial charge in [-0.25, -0.2) is 0 Å². The minimum Gasteiger partial charge on any atom is -0.497 e. The zero-order valence-corrected chi connectivity index (χ0v) is 11.2. The second-order valence-corrected chi connectivity index (χ2v) is 5.12. The van der Waals surface area contributed by atoms with E-state index < -0.39 is 0 Å². The lowest BCUT2D eigenvalue weighted by Crippen LogP contribution is -2.06. The van der Waals surface area contributed by atoms with Crippen LogP contribution in [0.1, 0.15) is 30.1 Å². The van der Waals surface area contributed by atoms with Crippen molar-refractivity contribution in [3.8, 4) is 5.75 Å². The van der Waals surface area contributed by atoms with Crippen molar-refractivity contribution in [1.29, 1.82) is 0 Å². The first-order chi connectivity index (χ1) is 7.17. The zero-order valence-electron chi connectivity index (χ0n) is 9.00. The Morgan fingerprint density at radius 2 is 2.00 bits per heavy atom. The number of hydrogen-bond acceptors (Lipinski definition) is 2. The fourth-order valence-corrected chi connectivity index (χ4v) is 1.64. The van der Waals surface area contributed by atoms with E-state index in [0.717, 1.165) is 17.7 Å². The topological polar surface area (TPSA) is 26.3 Å². The molecule has 0 aromatic heterocycles. The van der Waals surface area contributed by atoms with Crippen LogP contribution < -0.4 is 4.74 Å². The van der Waals surface area contributed by atoms with Crippen LogP contribution in [-0.2, 0) is 0 Å². The Kier molecular flexibility index (Phi) is 5.08. The van der Waals surface area contributed by atoms with E-state index in [1.165, 1.54) is 0 Å². The zero-order chi connectivity index (χ0) is 11.3. The number of rotatable bonds is 5. The molecule has 0 N–H and O–H groups in total. The van der Waals surface area contributed by atoms with Crippen LogP contribution in [0.2, 0.25) is 0 Å². The Bertz CT molecular complexity index is 319. The molecule has 0 fully saturated rings. The highest BCUT2D eigenvalue weighted by atomic mass is 127. The van der Waals surface area contributed by atoms with E-state index in [9.17, 15) is 4.79 Å². The molecule has 1 aromatic rings. The van der Waals surface area contributed by atoms with Gasteiger partial charge >= 0.3 is 0 Å². The summed E-state index contributed by atoms with van der Waals surface area (Å²) in [5, 5.41) is 0. The van der Waals surface area contributed by atoms with E-state index >= 15 is 0 Å². The van der Waals surface area contributed by atoms with Crippen LogP contribution in [0.5, 0.6) is 5.75 Å². The highest BCUT2D eigenvalue weighted by molar-refractivity contribution is 14.1. The van der Waals surface area contributed by atoms with Gasteiger partial charge < -0.3 is 4.74 Å². The van der Waals surface area contributed by atoms with Gasteiger partial charge in [0.15, 0.2) is 5.78 Å². The quantitative estimate of drug-likeness (QED) is 0.472. The van der Waals surface area contributed by atoms with Crippen LogP contribution >= 0.6 is 22.6 Å². The molecule has 0 radical (unpaired) electrons. The van der Waals surface area contributed by atoms with Crippen molar-refractivity contribution in [3.63, 3.8) is 0 Å². The second kappa shape index (κ2) is 6.10. The Hall–Kier alpha value is -0.580. The number of carbonyl (C=O) groups excluding carboxylic acids is 1. The molecular weight excluding hydrogens is 303 g/mol. The summed E-state index contributed by atoms with van der Waals surface area (Å²) in [6.45, 7) is 2.10. The Morgan fingerprint density at radius 1 is 1.40 bits per heavy atom. The van der Waals surface area contributed by atoms with Gasteiger partial charge in [-0.05, 0) is 30.7 Å². The molecule has 0 aliphatic heterocycles. The fourth-order valence-electron chi connectivity index (χ4n) is 1.24. The smallest absolute Gasteiger partial charge is 0.163 e. The molecule has 0 heterocycles. The van der Waals surface area contributed by atoms with E-state index in [2.05, 4.69) is 29.5 Å². The third kappa shape index (κ3) is 3.81. The third-order valence-corrected chi connectivity index (χ3v) is 3.58. The first-order valence-electron chi connectivity index (χ1n) is 4.98. The summed E-state index contributed by atoms with van der Waals surface area (Å²) in [7, 11) is 1.62. The molecule has 0 saturated heterocycles. The molecule has 0 spiro atoms. The standard InChI is InChI=1S/C12H15IO2/c1-3-10(13)8-12(14)9-4-6-11(15-2)7-5-9/h4-7,10H,3,8H2,1-2H3. The van der Waals surface area contributed by atoms with Gasteiger partial charge in [-0.3, -0.25) is 4.79 Å². The minimum absolute atomic E-state index is 0.207. The summed E-state index contributed by atoms with van der Waals surface area (Å²) in [5.41, 5.74) is 0.769. The molecule has 1 atom stereocenters. The van der Waals surface area contributed by atoms with E-state index in [-0.39, 0.29) is 5.78 Å². The van der Waals surface area contributed by atoms with Gasteiger partial charge in [-0.1, -0.05) is 29.5 Å². The minimum atomic E-state index is 0.207. The lowest BCUT2D eigenvalue weighted by Gasteiger charge is -2.06. The Labute approximate surface area is 104 Å². The van der Waals surface area contributed by atoms with Gasteiger partial charge in [-0.2, -0.15) is 0 Å². The molecule has 0 saturated carbocycles. The first-order valence-corrected chi connectivity index (χ1v) is 6.23. The number of Topliss-reactive ketones (excluding diaryl/α,β-unsaturated/α-hetero) is 1. The maximum absolute atomic E-state index is 11.8. The van der Waals surface area contributed by atoms with E-state index in [0.29, 0.717) is 10.3 Å². The summed E-state index contributed by atoms with van der Waals surface area (Å²) in [6.07, 6.45) is 1.64. The van der Waals surface area contributed by atoms with Crippen LogP contribution in [0, 0.1) is 0 Å². The predicted molar refractivity (Wildman–Crippen MR) is 70.0 cm³/mol. The monoisotopic (exact) mass is 318 g/mol. The van der Waals surface area contributed by atoms with Gasteiger partial charge in [0.25, 0.3) is 0 Å². The Balaban J connectivity index is 2.66. The number of hydrogen-bond donors (Lipinski definition) is 0. The van der Waals surface area contributed by atoms with Crippen LogP contribution in [0.3, 0.4) is 0 Å². The average molecular weight is 318 g/mol. The van der Waals surface area contributed by atoms with Gasteiger partial charge in [0.1, 0.15) is 5.75 Å². The van der Waals surface area contributed by atoms with Crippen molar-refractivity contribution in [2.75, 3.05) is 7.11 Å². The van der Waals surface area contributed by atoms with Crippen molar-refractivity contribution in [1.82, 2.24) is 0 Å². The highest BCUT2D eigenvalue weighted by Gasteiger charge is 2.10. The molecule has 2 nitrogen and oxygen atoms in total. The van der Waals surface area contributed by atoms with Gasteiger partial charge in [0.05, 0.1) is 7.11 Å². The molecule has 0 bridgehead atoms. The Morgan fingerprint density at radius 3 is 2.47 bits per heavy atom. The number of benzene rings is 1. The maximum Gasteiger partial charge on any atom is 0.163 e. The largest absolute Gasteiger partial charge is 0.497 e. The van der Waals surface area contributed by atoms with Crippen LogP contribution in [0.15, 0.2) is 24.3 Å². The van der Waals surface area contributed by atoms with Crippen molar-refractivity contribution in [2.45, 2.75) is 23.7 Å². The molecule has 0 amide bonds. The SMILES string of the molecule is CCC(I)CC(=O)c1ccc(OC)cc1. The molecule has 1 aromatic carbocycles. The number of ether oxygens (including phenoxy) is 1. The van der Waals surface area contributed by atoms with Crippen LogP contribution in [0.4, 0.5) is 0 Å². The van der Waals surface area contributed by atoms with Gasteiger partial charge in [0.2, 0.25) is 0 Å². The lowest BCUT2D eigenvalue weighted by molar-refractivity contribution is 0.0983. The average Bonchev–Trinajstić information content (AvgIpc) is 2.29. The van der Waals surface area contributed by atoms with Crippen molar-refractivity contribution >= 4 is 28.4 Å². The number of halogens is 1. The fraction of sp³-hybridized carbons (Fsp3) is 0.417. The molecular formula is C12H15IO2. The van der Waals surface area contributed by atoms with Crippen LogP contribution in [0.25, 0.3) is 0 Å². The first kappa shape index (κ1) is 12.5. The number of alkyl halides is 1. The third-order valence-electron chi connectivity index (χ3n) is 2.26. The second-order valence-electron chi connectivity index (χ2n) is 3.36. The number of methoxy groups -OCH3 is 1. The molecule has 0 aliphatic rings. The molecule has 3 heteroatoms. The van der Waals surface area contributed by atoms with Gasteiger partial charge in [-0.15, -0.1) is 0 Å². The predicted octanol–water partition coefficient (Wildman–Crippen LogP) is 3.48. The lowest BCUT2D eigenvalue weighted by atomic mass is 10.1. The summed E-state index contributed by atoms with van der Waals surface area (Å²) in [6, 6.07) is 7.28. The van der Waals surface area contributed by atoms with Crippen LogP contribution in [-0.4, -0.2) is 16.8 Å². The number of carbonyl (C=O) groups is 1. The van der Waals surface area contributed by atoms with Crippen molar-refractivity contribution in [2.24, 2.45) is 0 Å². The molecule has 0 aliphatic carbocycles. The molecule has 82 valence electrons. The van der Waals surface area contributed by atoms with E-state index in [1.54, 1.807) is 7.11 Å². The van der Waals surface area contributed by atoms with Crippen molar-refractivity contribution in [3.05, 3.63) is 29.8 Å². The maximum atomic E-state index is 11.8. The summed E-state index contributed by atoms with van der Waals surface area (Å²) >= 11 is 2.32.